The molecule has 0 spiro atoms. The third-order valence-electron chi connectivity index (χ3n) is 3.39. The number of amides is 1. The number of benzene rings is 1. The number of morpholine rings is 1. The summed E-state index contributed by atoms with van der Waals surface area (Å²) in [4.78, 5) is 14.6. The Morgan fingerprint density at radius 2 is 2.00 bits per heavy atom. The Bertz CT molecular complexity index is 542. The molecule has 114 valence electrons. The van der Waals surface area contributed by atoms with Gasteiger partial charge in [0.25, 0.3) is 5.91 Å². The quantitative estimate of drug-likeness (QED) is 0.813. The lowest BCUT2D eigenvalue weighted by atomic mass is 10.0. The third-order valence-corrected chi connectivity index (χ3v) is 3.62. The Balaban J connectivity index is 2.16. The molecule has 5 nitrogen and oxygen atoms in total. The predicted molar refractivity (Wildman–Crippen MR) is 84.3 cm³/mol. The Hall–Kier alpha value is -1.50. The second-order valence-corrected chi connectivity index (χ2v) is 6.25. The fourth-order valence-electron chi connectivity index (χ4n) is 2.51. The van der Waals surface area contributed by atoms with Gasteiger partial charge in [-0.25, -0.2) is 0 Å². The number of hydrogen-bond donors (Lipinski definition) is 2. The van der Waals surface area contributed by atoms with E-state index in [2.05, 4.69) is 0 Å². The monoisotopic (exact) mass is 308 g/mol. The summed E-state index contributed by atoms with van der Waals surface area (Å²) < 4.78 is 5.71. The Kier molecular flexibility index (Phi) is 4.61. The van der Waals surface area contributed by atoms with Crippen LogP contribution in [0, 0.1) is 0 Å². The SMILES string of the molecule is CC1(C)CN(C(=O)c2ccc(C(N)=S)cc2)CC(CO)O1. The maximum atomic E-state index is 12.6. The summed E-state index contributed by atoms with van der Waals surface area (Å²) in [5, 5.41) is 9.30. The second kappa shape index (κ2) is 6.09. The van der Waals surface area contributed by atoms with Crippen LogP contribution in [0.5, 0.6) is 0 Å². The molecule has 1 aromatic carbocycles. The van der Waals surface area contributed by atoms with Crippen LogP contribution in [0.2, 0.25) is 0 Å². The van der Waals surface area contributed by atoms with Crippen LogP contribution in [0.25, 0.3) is 0 Å². The molecule has 0 saturated carbocycles. The number of aliphatic hydroxyl groups excluding tert-OH is 1. The molecular formula is C15H20N2O3S. The number of ether oxygens (including phenoxy) is 1. The molecule has 1 amide bonds. The first-order valence-electron chi connectivity index (χ1n) is 6.80. The van der Waals surface area contributed by atoms with Crippen LogP contribution in [0.3, 0.4) is 0 Å². The van der Waals surface area contributed by atoms with E-state index < -0.39 is 5.60 Å². The molecule has 1 fully saturated rings. The van der Waals surface area contributed by atoms with Crippen LogP contribution in [-0.2, 0) is 4.74 Å². The number of rotatable bonds is 3. The molecule has 1 aromatic rings. The Morgan fingerprint density at radius 1 is 1.43 bits per heavy atom. The number of carbonyl (C=O) groups is 1. The Morgan fingerprint density at radius 3 is 2.52 bits per heavy atom. The molecule has 0 radical (unpaired) electrons. The molecular weight excluding hydrogens is 288 g/mol. The second-order valence-electron chi connectivity index (χ2n) is 5.81. The largest absolute Gasteiger partial charge is 0.394 e. The average molecular weight is 308 g/mol. The van der Waals surface area contributed by atoms with E-state index in [4.69, 9.17) is 22.7 Å². The minimum Gasteiger partial charge on any atom is -0.394 e. The molecule has 3 N–H and O–H groups in total. The zero-order valence-corrected chi connectivity index (χ0v) is 13.0. The van der Waals surface area contributed by atoms with Gasteiger partial charge in [-0.15, -0.1) is 0 Å². The van der Waals surface area contributed by atoms with Gasteiger partial charge < -0.3 is 20.5 Å². The molecule has 6 heteroatoms. The zero-order valence-electron chi connectivity index (χ0n) is 12.2. The summed E-state index contributed by atoms with van der Waals surface area (Å²) in [6.07, 6.45) is -0.353. The van der Waals surface area contributed by atoms with E-state index in [1.165, 1.54) is 0 Å². The van der Waals surface area contributed by atoms with Crippen LogP contribution in [0.15, 0.2) is 24.3 Å². The molecule has 21 heavy (non-hydrogen) atoms. The van der Waals surface area contributed by atoms with Crippen molar-refractivity contribution in [2.24, 2.45) is 5.73 Å². The van der Waals surface area contributed by atoms with E-state index in [9.17, 15) is 9.90 Å². The number of nitrogens with two attached hydrogens (primary N) is 1. The highest BCUT2D eigenvalue weighted by molar-refractivity contribution is 7.80. The fourth-order valence-corrected chi connectivity index (χ4v) is 2.64. The standard InChI is InChI=1S/C15H20N2O3S/c1-15(2)9-17(7-12(8-18)20-15)14(19)11-5-3-10(4-6-11)13(16)21/h3-6,12,18H,7-9H2,1-2H3,(H2,16,21). The highest BCUT2D eigenvalue weighted by Crippen LogP contribution is 2.22. The normalized spacial score (nSPS) is 21.1. The van der Waals surface area contributed by atoms with Crippen molar-refractivity contribution < 1.29 is 14.6 Å². The molecule has 0 bridgehead atoms. The molecule has 1 saturated heterocycles. The molecule has 2 rings (SSSR count). The first kappa shape index (κ1) is 15.9. The van der Waals surface area contributed by atoms with Crippen molar-refractivity contribution in [2.75, 3.05) is 19.7 Å². The number of carbonyl (C=O) groups excluding carboxylic acids is 1. The van der Waals surface area contributed by atoms with Crippen LogP contribution < -0.4 is 5.73 Å². The molecule has 1 heterocycles. The minimum atomic E-state index is -0.472. The first-order chi connectivity index (χ1) is 9.82. The van der Waals surface area contributed by atoms with Gasteiger partial charge in [0.1, 0.15) is 4.99 Å². The highest BCUT2D eigenvalue weighted by Gasteiger charge is 2.35. The van der Waals surface area contributed by atoms with E-state index in [1.54, 1.807) is 29.2 Å². The van der Waals surface area contributed by atoms with E-state index in [1.807, 2.05) is 13.8 Å². The van der Waals surface area contributed by atoms with Gasteiger partial charge in [-0.3, -0.25) is 4.79 Å². The summed E-state index contributed by atoms with van der Waals surface area (Å²) in [7, 11) is 0. The third kappa shape index (κ3) is 3.78. The topological polar surface area (TPSA) is 75.8 Å². The van der Waals surface area contributed by atoms with Gasteiger partial charge in [0, 0.05) is 24.2 Å². The summed E-state index contributed by atoms with van der Waals surface area (Å²) in [5.41, 5.74) is 6.38. The maximum absolute atomic E-state index is 12.6. The van der Waals surface area contributed by atoms with Crippen molar-refractivity contribution in [2.45, 2.75) is 25.6 Å². The lowest BCUT2D eigenvalue weighted by molar-refractivity contribution is -0.139. The van der Waals surface area contributed by atoms with Crippen LogP contribution in [-0.4, -0.2) is 52.3 Å². The van der Waals surface area contributed by atoms with Gasteiger partial charge in [-0.05, 0) is 26.0 Å². The van der Waals surface area contributed by atoms with Crippen molar-refractivity contribution in [3.63, 3.8) is 0 Å². The molecule has 0 aliphatic carbocycles. The van der Waals surface area contributed by atoms with Gasteiger partial charge in [0.2, 0.25) is 0 Å². The summed E-state index contributed by atoms with van der Waals surface area (Å²) in [6, 6.07) is 6.91. The molecule has 1 aliphatic rings. The van der Waals surface area contributed by atoms with E-state index in [0.717, 1.165) is 5.56 Å². The average Bonchev–Trinajstić information content (AvgIpc) is 2.44. The predicted octanol–water partition coefficient (Wildman–Crippen LogP) is 0.933. The first-order valence-corrected chi connectivity index (χ1v) is 7.21. The molecule has 0 aromatic heterocycles. The number of hydrogen-bond acceptors (Lipinski definition) is 4. The van der Waals surface area contributed by atoms with E-state index >= 15 is 0 Å². The van der Waals surface area contributed by atoms with Gasteiger partial charge in [0.05, 0.1) is 18.3 Å². The molecule has 1 aliphatic heterocycles. The fraction of sp³-hybridized carbons (Fsp3) is 0.467. The van der Waals surface area contributed by atoms with Crippen molar-refractivity contribution in [1.82, 2.24) is 4.90 Å². The lowest BCUT2D eigenvalue weighted by Gasteiger charge is -2.42. The molecule has 1 atom stereocenters. The van der Waals surface area contributed by atoms with Gasteiger partial charge >= 0.3 is 0 Å². The van der Waals surface area contributed by atoms with Gasteiger partial charge in [0.15, 0.2) is 0 Å². The summed E-state index contributed by atoms with van der Waals surface area (Å²) >= 11 is 4.90. The smallest absolute Gasteiger partial charge is 0.254 e. The van der Waals surface area contributed by atoms with Crippen LogP contribution in [0.1, 0.15) is 29.8 Å². The lowest BCUT2D eigenvalue weighted by Crippen LogP contribution is -2.55. The Labute approximate surface area is 129 Å². The van der Waals surface area contributed by atoms with Crippen molar-refractivity contribution in [1.29, 1.82) is 0 Å². The van der Waals surface area contributed by atoms with Crippen LogP contribution >= 0.6 is 12.2 Å². The number of aliphatic hydroxyl groups is 1. The van der Waals surface area contributed by atoms with E-state index in [0.29, 0.717) is 23.6 Å². The minimum absolute atomic E-state index is 0.0840. The van der Waals surface area contributed by atoms with Gasteiger partial charge in [-0.1, -0.05) is 24.4 Å². The maximum Gasteiger partial charge on any atom is 0.254 e. The number of nitrogens with zero attached hydrogens (tertiary/aromatic N) is 1. The van der Waals surface area contributed by atoms with Crippen LogP contribution in [0.4, 0.5) is 0 Å². The van der Waals surface area contributed by atoms with Crippen molar-refractivity contribution in [3.8, 4) is 0 Å². The molecule has 1 unspecified atom stereocenters. The van der Waals surface area contributed by atoms with Crippen molar-refractivity contribution in [3.05, 3.63) is 35.4 Å². The van der Waals surface area contributed by atoms with E-state index in [-0.39, 0.29) is 18.6 Å². The van der Waals surface area contributed by atoms with Gasteiger partial charge in [-0.2, -0.15) is 0 Å². The van der Waals surface area contributed by atoms with Crippen molar-refractivity contribution >= 4 is 23.1 Å². The highest BCUT2D eigenvalue weighted by atomic mass is 32.1. The number of thiocarbonyl (C=S) groups is 1. The summed E-state index contributed by atoms with van der Waals surface area (Å²) in [5.74, 6) is -0.0840. The summed E-state index contributed by atoms with van der Waals surface area (Å²) in [6.45, 7) is 4.58. The zero-order chi connectivity index (χ0) is 15.6.